The van der Waals surface area contributed by atoms with E-state index in [1.54, 1.807) is 11.8 Å². The molecule has 2 heterocycles. The van der Waals surface area contributed by atoms with Gasteiger partial charge in [0.1, 0.15) is 11.6 Å². The first-order valence-electron chi connectivity index (χ1n) is 10.2. The van der Waals surface area contributed by atoms with Crippen LogP contribution in [0.15, 0.2) is 66.3 Å². The predicted molar refractivity (Wildman–Crippen MR) is 128 cm³/mol. The summed E-state index contributed by atoms with van der Waals surface area (Å²) in [4.78, 5) is 9.09. The fourth-order valence-corrected chi connectivity index (χ4v) is 4.17. The van der Waals surface area contributed by atoms with E-state index in [9.17, 15) is 0 Å². The Labute approximate surface area is 186 Å². The predicted octanol–water partition coefficient (Wildman–Crippen LogP) is 5.25. The first-order chi connectivity index (χ1) is 14.9. The number of nitrogens with two attached hydrogens (primary N) is 1. The molecule has 0 bridgehead atoms. The quantitative estimate of drug-likeness (QED) is 0.332. The van der Waals surface area contributed by atoms with Crippen molar-refractivity contribution in [3.05, 3.63) is 72.6 Å². The minimum atomic E-state index is 0.107. The highest BCUT2D eigenvalue weighted by Gasteiger charge is 2.17. The van der Waals surface area contributed by atoms with Crippen molar-refractivity contribution < 1.29 is 0 Å². The number of allylic oxidation sites excluding steroid dienone is 1. The maximum atomic E-state index is 6.12. The molecular weight excluding hydrogens is 404 g/mol. The number of para-hydroxylation sites is 1. The smallest absolute Gasteiger partial charge is 0.192 e. The van der Waals surface area contributed by atoms with Crippen LogP contribution >= 0.6 is 11.8 Å². The molecule has 2 aromatic carbocycles. The van der Waals surface area contributed by atoms with Crippen molar-refractivity contribution in [2.75, 3.05) is 5.73 Å². The summed E-state index contributed by atoms with van der Waals surface area (Å²) < 4.78 is 2.06. The Hall–Kier alpha value is -3.19. The highest BCUT2D eigenvalue weighted by Crippen LogP contribution is 2.29. The molecule has 4 aromatic rings. The molecule has 158 valence electrons. The molecule has 0 aliphatic rings. The number of rotatable bonds is 6. The molecule has 2 N–H and O–H groups in total. The molecule has 0 saturated heterocycles. The Morgan fingerprint density at radius 1 is 1.03 bits per heavy atom. The van der Waals surface area contributed by atoms with E-state index in [0.717, 1.165) is 27.4 Å². The van der Waals surface area contributed by atoms with Gasteiger partial charge in [-0.1, -0.05) is 75.0 Å². The first kappa shape index (κ1) is 21.1. The molecule has 31 heavy (non-hydrogen) atoms. The van der Waals surface area contributed by atoms with E-state index in [0.29, 0.717) is 23.9 Å². The number of aromatic nitrogens is 5. The second-order valence-electron chi connectivity index (χ2n) is 8.36. The number of benzene rings is 2. The molecule has 0 fully saturated rings. The largest absolute Gasteiger partial charge is 0.383 e. The van der Waals surface area contributed by atoms with Gasteiger partial charge in [0.05, 0.1) is 11.3 Å². The van der Waals surface area contributed by atoms with Crippen molar-refractivity contribution in [3.8, 4) is 11.4 Å². The summed E-state index contributed by atoms with van der Waals surface area (Å²) in [7, 11) is 0. The molecule has 0 spiro atoms. The second kappa shape index (κ2) is 8.51. The van der Waals surface area contributed by atoms with Crippen LogP contribution < -0.4 is 5.73 Å². The summed E-state index contributed by atoms with van der Waals surface area (Å²) in [5, 5.41) is 10.5. The van der Waals surface area contributed by atoms with Gasteiger partial charge in [0, 0.05) is 17.5 Å². The van der Waals surface area contributed by atoms with Crippen molar-refractivity contribution in [1.29, 1.82) is 0 Å². The molecule has 7 heteroatoms. The SMILES string of the molecule is C=CCn1c(SCc2nc(N)c3ccccc3n2)nnc1-c1ccc(C(C)(C)C)cc1. The van der Waals surface area contributed by atoms with Crippen LogP contribution in [-0.2, 0) is 17.7 Å². The van der Waals surface area contributed by atoms with Gasteiger partial charge < -0.3 is 5.73 Å². The zero-order chi connectivity index (χ0) is 22.0. The van der Waals surface area contributed by atoms with Crippen molar-refractivity contribution >= 4 is 28.5 Å². The molecule has 0 unspecified atom stereocenters. The number of anilines is 1. The van der Waals surface area contributed by atoms with Gasteiger partial charge in [0.2, 0.25) is 0 Å². The first-order valence-corrected chi connectivity index (χ1v) is 11.1. The Balaban J connectivity index is 1.60. The molecular formula is C24H26N6S. The van der Waals surface area contributed by atoms with E-state index >= 15 is 0 Å². The van der Waals surface area contributed by atoms with Crippen molar-refractivity contribution in [1.82, 2.24) is 24.7 Å². The van der Waals surface area contributed by atoms with Gasteiger partial charge in [-0.2, -0.15) is 0 Å². The maximum absolute atomic E-state index is 6.12. The number of nitrogen functional groups attached to an aromatic ring is 1. The van der Waals surface area contributed by atoms with E-state index in [2.05, 4.69) is 76.3 Å². The lowest BCUT2D eigenvalue weighted by atomic mass is 9.87. The summed E-state index contributed by atoms with van der Waals surface area (Å²) in [5.74, 6) is 2.54. The van der Waals surface area contributed by atoms with Gasteiger partial charge in [-0.25, -0.2) is 9.97 Å². The molecule has 0 amide bonds. The highest BCUT2D eigenvalue weighted by atomic mass is 32.2. The van der Waals surface area contributed by atoms with Crippen LogP contribution in [0.1, 0.15) is 32.2 Å². The Bertz CT molecular complexity index is 1220. The summed E-state index contributed by atoms with van der Waals surface area (Å²) in [6.45, 7) is 11.1. The van der Waals surface area contributed by atoms with E-state index in [1.165, 1.54) is 5.56 Å². The van der Waals surface area contributed by atoms with Crippen LogP contribution in [0.25, 0.3) is 22.3 Å². The number of hydrogen-bond acceptors (Lipinski definition) is 6. The molecule has 0 saturated carbocycles. The molecule has 0 atom stereocenters. The third-order valence-electron chi connectivity index (χ3n) is 5.05. The fourth-order valence-electron chi connectivity index (χ4n) is 3.37. The molecule has 0 aliphatic carbocycles. The van der Waals surface area contributed by atoms with Gasteiger partial charge in [0.15, 0.2) is 11.0 Å². The van der Waals surface area contributed by atoms with Crippen LogP contribution in [0.2, 0.25) is 0 Å². The minimum Gasteiger partial charge on any atom is -0.383 e. The molecule has 0 aliphatic heterocycles. The molecule has 6 nitrogen and oxygen atoms in total. The monoisotopic (exact) mass is 430 g/mol. The average Bonchev–Trinajstić information content (AvgIpc) is 3.15. The summed E-state index contributed by atoms with van der Waals surface area (Å²) >= 11 is 1.54. The van der Waals surface area contributed by atoms with E-state index in [-0.39, 0.29) is 5.41 Å². The number of thioether (sulfide) groups is 1. The summed E-state index contributed by atoms with van der Waals surface area (Å²) in [6, 6.07) is 16.3. The molecule has 4 rings (SSSR count). The van der Waals surface area contributed by atoms with Crippen LogP contribution in [0, 0.1) is 0 Å². The molecule has 2 aromatic heterocycles. The third-order valence-corrected chi connectivity index (χ3v) is 6.01. The lowest BCUT2D eigenvalue weighted by molar-refractivity contribution is 0.590. The highest BCUT2D eigenvalue weighted by molar-refractivity contribution is 7.98. The van der Waals surface area contributed by atoms with Crippen molar-refractivity contribution in [2.24, 2.45) is 0 Å². The van der Waals surface area contributed by atoms with Crippen molar-refractivity contribution in [3.63, 3.8) is 0 Å². The van der Waals surface area contributed by atoms with Crippen LogP contribution in [0.5, 0.6) is 0 Å². The van der Waals surface area contributed by atoms with E-state index in [1.807, 2.05) is 30.3 Å². The lowest BCUT2D eigenvalue weighted by Crippen LogP contribution is -2.10. The fraction of sp³-hybridized carbons (Fsp3) is 0.250. The van der Waals surface area contributed by atoms with Crippen LogP contribution in [0.3, 0.4) is 0 Å². The van der Waals surface area contributed by atoms with E-state index < -0.39 is 0 Å². The lowest BCUT2D eigenvalue weighted by Gasteiger charge is -2.19. The van der Waals surface area contributed by atoms with Crippen LogP contribution in [0.4, 0.5) is 5.82 Å². The summed E-state index contributed by atoms with van der Waals surface area (Å²) in [5.41, 5.74) is 9.38. The standard InChI is InChI=1S/C24H26N6S/c1-5-14-30-22(16-10-12-17(13-11-16)24(2,3)4)28-29-23(30)31-15-20-26-19-9-7-6-8-18(19)21(25)27-20/h5-13H,1,14-15H2,2-4H3,(H2,25,26,27). The minimum absolute atomic E-state index is 0.107. The summed E-state index contributed by atoms with van der Waals surface area (Å²) in [6.07, 6.45) is 1.85. The van der Waals surface area contributed by atoms with Gasteiger partial charge in [-0.3, -0.25) is 4.57 Å². The normalized spacial score (nSPS) is 11.7. The molecule has 0 radical (unpaired) electrons. The Morgan fingerprint density at radius 2 is 1.77 bits per heavy atom. The Morgan fingerprint density at radius 3 is 2.48 bits per heavy atom. The second-order valence-corrected chi connectivity index (χ2v) is 9.31. The van der Waals surface area contributed by atoms with Gasteiger partial charge in [-0.15, -0.1) is 16.8 Å². The number of fused-ring (bicyclic) bond motifs is 1. The zero-order valence-corrected chi connectivity index (χ0v) is 18.9. The van der Waals surface area contributed by atoms with Gasteiger partial charge >= 0.3 is 0 Å². The van der Waals surface area contributed by atoms with Crippen molar-refractivity contribution in [2.45, 2.75) is 43.6 Å². The zero-order valence-electron chi connectivity index (χ0n) is 18.0. The van der Waals surface area contributed by atoms with Gasteiger partial charge in [0.25, 0.3) is 0 Å². The van der Waals surface area contributed by atoms with Crippen LogP contribution in [-0.4, -0.2) is 24.7 Å². The average molecular weight is 431 g/mol. The van der Waals surface area contributed by atoms with Gasteiger partial charge in [-0.05, 0) is 23.1 Å². The number of hydrogen-bond donors (Lipinski definition) is 1. The van der Waals surface area contributed by atoms with E-state index in [4.69, 9.17) is 5.73 Å². The Kier molecular flexibility index (Phi) is 5.78. The topological polar surface area (TPSA) is 82.5 Å². The third kappa shape index (κ3) is 4.46. The maximum Gasteiger partial charge on any atom is 0.192 e. The number of nitrogens with zero attached hydrogens (tertiary/aromatic N) is 5.